The van der Waals surface area contributed by atoms with Crippen molar-refractivity contribution in [2.75, 3.05) is 59.3 Å². The molecule has 0 aromatic rings. The van der Waals surface area contributed by atoms with Crippen LogP contribution < -0.4 is 5.90 Å². The highest BCUT2D eigenvalue weighted by Gasteiger charge is 2.24. The third-order valence-corrected chi connectivity index (χ3v) is 4.33. The molecule has 0 aliphatic rings. The molecule has 0 saturated heterocycles. The van der Waals surface area contributed by atoms with E-state index in [1.54, 1.807) is 0 Å². The Morgan fingerprint density at radius 3 is 1.75 bits per heavy atom. The SMILES string of the molecule is CCOC(C)(C)CCN(CCC(C)(C)OCC)C(=O)COCCOCCON. The van der Waals surface area contributed by atoms with Crippen molar-refractivity contribution < 1.29 is 28.6 Å². The summed E-state index contributed by atoms with van der Waals surface area (Å²) in [4.78, 5) is 18.9. The first kappa shape index (κ1) is 27.2. The molecule has 0 aliphatic carbocycles. The topological polar surface area (TPSA) is 92.5 Å². The highest BCUT2D eigenvalue weighted by atomic mass is 16.6. The van der Waals surface area contributed by atoms with Crippen LogP contribution in [0, 0.1) is 0 Å². The van der Waals surface area contributed by atoms with Crippen LogP contribution in [-0.4, -0.2) is 81.3 Å². The highest BCUT2D eigenvalue weighted by Crippen LogP contribution is 2.18. The van der Waals surface area contributed by atoms with E-state index in [0.29, 0.717) is 52.7 Å². The van der Waals surface area contributed by atoms with Crippen LogP contribution in [0.1, 0.15) is 54.4 Å². The second kappa shape index (κ2) is 15.1. The van der Waals surface area contributed by atoms with Gasteiger partial charge in [-0.1, -0.05) is 0 Å². The molecule has 168 valence electrons. The van der Waals surface area contributed by atoms with E-state index in [-0.39, 0.29) is 23.7 Å². The second-order valence-electron chi connectivity index (χ2n) is 7.80. The van der Waals surface area contributed by atoms with E-state index < -0.39 is 0 Å². The fourth-order valence-corrected chi connectivity index (χ4v) is 2.67. The normalized spacial score (nSPS) is 12.4. The van der Waals surface area contributed by atoms with E-state index in [1.807, 2.05) is 46.4 Å². The summed E-state index contributed by atoms with van der Waals surface area (Å²) in [5, 5.41) is 0. The zero-order valence-corrected chi connectivity index (χ0v) is 18.8. The summed E-state index contributed by atoms with van der Waals surface area (Å²) < 4.78 is 22.2. The molecule has 0 radical (unpaired) electrons. The fraction of sp³-hybridized carbons (Fsp3) is 0.950. The summed E-state index contributed by atoms with van der Waals surface area (Å²) in [5.41, 5.74) is -0.551. The van der Waals surface area contributed by atoms with E-state index in [2.05, 4.69) is 4.84 Å². The predicted molar refractivity (Wildman–Crippen MR) is 109 cm³/mol. The molecule has 0 aromatic heterocycles. The molecule has 2 N–H and O–H groups in total. The van der Waals surface area contributed by atoms with Crippen molar-refractivity contribution in [3.8, 4) is 0 Å². The van der Waals surface area contributed by atoms with Gasteiger partial charge in [-0.15, -0.1) is 0 Å². The van der Waals surface area contributed by atoms with Gasteiger partial charge in [0.25, 0.3) is 0 Å². The Labute approximate surface area is 170 Å². The Hall–Kier alpha value is -0.770. The van der Waals surface area contributed by atoms with E-state index >= 15 is 0 Å². The lowest BCUT2D eigenvalue weighted by Crippen LogP contribution is -2.41. The van der Waals surface area contributed by atoms with Crippen molar-refractivity contribution in [1.82, 2.24) is 4.90 Å². The molecule has 0 fully saturated rings. The maximum atomic E-state index is 12.7. The third-order valence-electron chi connectivity index (χ3n) is 4.33. The maximum absolute atomic E-state index is 12.7. The van der Waals surface area contributed by atoms with E-state index in [4.69, 9.17) is 24.8 Å². The Morgan fingerprint density at radius 1 is 0.821 bits per heavy atom. The van der Waals surface area contributed by atoms with Crippen LogP contribution in [0.25, 0.3) is 0 Å². The molecule has 8 nitrogen and oxygen atoms in total. The predicted octanol–water partition coefficient (Wildman–Crippen LogP) is 2.15. The molecule has 28 heavy (non-hydrogen) atoms. The Bertz CT molecular complexity index is 382. The monoisotopic (exact) mass is 406 g/mol. The smallest absolute Gasteiger partial charge is 0.248 e. The van der Waals surface area contributed by atoms with Crippen molar-refractivity contribution in [1.29, 1.82) is 0 Å². The Kier molecular flexibility index (Phi) is 14.7. The quantitative estimate of drug-likeness (QED) is 0.275. The minimum absolute atomic E-state index is 0.0286. The van der Waals surface area contributed by atoms with Crippen molar-refractivity contribution in [3.05, 3.63) is 0 Å². The van der Waals surface area contributed by atoms with Crippen LogP contribution in [0.4, 0.5) is 0 Å². The average molecular weight is 407 g/mol. The van der Waals surface area contributed by atoms with Gasteiger partial charge in [-0.05, 0) is 54.4 Å². The zero-order valence-electron chi connectivity index (χ0n) is 18.8. The average Bonchev–Trinajstić information content (AvgIpc) is 2.60. The molecule has 0 aromatic carbocycles. The maximum Gasteiger partial charge on any atom is 0.248 e. The molecule has 0 spiro atoms. The number of ether oxygens (including phenoxy) is 4. The minimum atomic E-state index is -0.275. The number of nitrogens with zero attached hydrogens (tertiary/aromatic N) is 1. The van der Waals surface area contributed by atoms with Gasteiger partial charge < -0.3 is 28.7 Å². The van der Waals surface area contributed by atoms with Gasteiger partial charge in [0.2, 0.25) is 5.91 Å². The number of carbonyl (C=O) groups is 1. The van der Waals surface area contributed by atoms with Gasteiger partial charge in [-0.3, -0.25) is 4.79 Å². The van der Waals surface area contributed by atoms with Gasteiger partial charge in [-0.25, -0.2) is 5.90 Å². The number of rotatable bonds is 18. The summed E-state index contributed by atoms with van der Waals surface area (Å²) >= 11 is 0. The molecular formula is C20H42N2O6. The molecule has 0 heterocycles. The summed E-state index contributed by atoms with van der Waals surface area (Å²) in [6.07, 6.45) is 1.51. The van der Waals surface area contributed by atoms with Crippen LogP contribution in [0.15, 0.2) is 0 Å². The van der Waals surface area contributed by atoms with E-state index in [0.717, 1.165) is 12.8 Å². The summed E-state index contributed by atoms with van der Waals surface area (Å²) in [5.74, 6) is 4.88. The number of hydrogen-bond acceptors (Lipinski definition) is 7. The van der Waals surface area contributed by atoms with Crippen molar-refractivity contribution in [2.24, 2.45) is 5.90 Å². The molecule has 1 amide bonds. The van der Waals surface area contributed by atoms with Gasteiger partial charge in [0.05, 0.1) is 37.6 Å². The zero-order chi connectivity index (χ0) is 21.5. The van der Waals surface area contributed by atoms with Gasteiger partial charge >= 0.3 is 0 Å². The summed E-state index contributed by atoms with van der Waals surface area (Å²) in [6.45, 7) is 16.2. The molecular weight excluding hydrogens is 364 g/mol. The fourth-order valence-electron chi connectivity index (χ4n) is 2.67. The van der Waals surface area contributed by atoms with Crippen LogP contribution in [0.5, 0.6) is 0 Å². The number of amides is 1. The van der Waals surface area contributed by atoms with Crippen molar-refractivity contribution in [3.63, 3.8) is 0 Å². The molecule has 0 unspecified atom stereocenters. The van der Waals surface area contributed by atoms with Crippen LogP contribution in [-0.2, 0) is 28.6 Å². The molecule has 0 aliphatic heterocycles. The molecule has 0 rings (SSSR count). The minimum Gasteiger partial charge on any atom is -0.377 e. The third kappa shape index (κ3) is 14.3. The first-order valence-electron chi connectivity index (χ1n) is 10.2. The van der Waals surface area contributed by atoms with Crippen LogP contribution >= 0.6 is 0 Å². The standard InChI is InChI=1S/C20H42N2O6/c1-7-26-19(3,4)9-11-22(12-10-20(5,6)27-8-2)18(23)17-25-14-13-24-15-16-28-21/h7-17,21H2,1-6H3. The van der Waals surface area contributed by atoms with Gasteiger partial charge in [0, 0.05) is 26.3 Å². The number of carbonyl (C=O) groups excluding carboxylic acids is 1. The Balaban J connectivity index is 4.53. The van der Waals surface area contributed by atoms with Gasteiger partial charge in [-0.2, -0.15) is 0 Å². The lowest BCUT2D eigenvalue weighted by Gasteiger charge is -2.32. The van der Waals surface area contributed by atoms with Gasteiger partial charge in [0.15, 0.2) is 0 Å². The van der Waals surface area contributed by atoms with E-state index in [1.165, 1.54) is 0 Å². The van der Waals surface area contributed by atoms with Crippen molar-refractivity contribution >= 4 is 5.91 Å². The lowest BCUT2D eigenvalue weighted by molar-refractivity contribution is -0.138. The van der Waals surface area contributed by atoms with Crippen LogP contribution in [0.2, 0.25) is 0 Å². The first-order valence-corrected chi connectivity index (χ1v) is 10.2. The first-order chi connectivity index (χ1) is 13.2. The van der Waals surface area contributed by atoms with Crippen molar-refractivity contribution in [2.45, 2.75) is 65.6 Å². The number of hydrogen-bond donors (Lipinski definition) is 1. The summed E-state index contributed by atoms with van der Waals surface area (Å²) in [7, 11) is 0. The van der Waals surface area contributed by atoms with E-state index in [9.17, 15) is 4.79 Å². The summed E-state index contributed by atoms with van der Waals surface area (Å²) in [6, 6.07) is 0. The molecule has 0 atom stereocenters. The lowest BCUT2D eigenvalue weighted by atomic mass is 10.0. The Morgan fingerprint density at radius 2 is 1.29 bits per heavy atom. The number of nitrogens with two attached hydrogens (primary N) is 1. The highest BCUT2D eigenvalue weighted by molar-refractivity contribution is 5.77. The molecule has 8 heteroatoms. The molecule has 0 bridgehead atoms. The largest absolute Gasteiger partial charge is 0.377 e. The van der Waals surface area contributed by atoms with Gasteiger partial charge in [0.1, 0.15) is 6.61 Å². The molecule has 0 saturated carbocycles. The second-order valence-corrected chi connectivity index (χ2v) is 7.80. The van der Waals surface area contributed by atoms with Crippen LogP contribution in [0.3, 0.4) is 0 Å².